The topological polar surface area (TPSA) is 90.7 Å². The van der Waals surface area contributed by atoms with Gasteiger partial charge in [-0.15, -0.1) is 0 Å². The van der Waals surface area contributed by atoms with Crippen molar-refractivity contribution in [3.8, 4) is 5.75 Å². The molecule has 1 atom stereocenters. The number of carbonyl (C=O) groups is 2. The fraction of sp³-hybridized carbons (Fsp3) is 0.385. The number of nitrogens with one attached hydrogen (secondary N) is 1. The summed E-state index contributed by atoms with van der Waals surface area (Å²) in [4.78, 5) is 22.8. The molecule has 104 valence electrons. The molecule has 0 bridgehead atoms. The van der Waals surface area contributed by atoms with E-state index in [2.05, 4.69) is 5.32 Å². The highest BCUT2D eigenvalue weighted by molar-refractivity contribution is 5.87. The molecule has 0 fully saturated rings. The molecule has 19 heavy (non-hydrogen) atoms. The molecule has 0 aliphatic rings. The largest absolute Gasteiger partial charge is 0.496 e. The number of hydrogen-bond donors (Lipinski definition) is 2. The van der Waals surface area contributed by atoms with Crippen LogP contribution in [0.1, 0.15) is 5.56 Å². The lowest BCUT2D eigenvalue weighted by Crippen LogP contribution is -2.47. The molecule has 0 spiro atoms. The van der Waals surface area contributed by atoms with Crippen molar-refractivity contribution >= 4 is 11.8 Å². The molecular formula is C13H18N2O4. The van der Waals surface area contributed by atoms with Crippen LogP contribution in [0.25, 0.3) is 0 Å². The van der Waals surface area contributed by atoms with Gasteiger partial charge in [0.05, 0.1) is 7.11 Å². The average Bonchev–Trinajstić information content (AvgIpc) is 2.38. The van der Waals surface area contributed by atoms with E-state index in [0.29, 0.717) is 5.75 Å². The third-order valence-corrected chi connectivity index (χ3v) is 2.57. The van der Waals surface area contributed by atoms with Crippen molar-refractivity contribution in [3.63, 3.8) is 0 Å². The zero-order valence-electron chi connectivity index (χ0n) is 11.0. The maximum absolute atomic E-state index is 11.4. The monoisotopic (exact) mass is 266 g/mol. The normalized spacial score (nSPS) is 11.7. The minimum Gasteiger partial charge on any atom is -0.496 e. The van der Waals surface area contributed by atoms with Crippen LogP contribution in [0.5, 0.6) is 5.75 Å². The first kappa shape index (κ1) is 15.0. The second kappa shape index (κ2) is 7.38. The number of methoxy groups -OCH3 is 2. The standard InChI is InChI=1S/C13H18N2O4/c1-18-8-12(16)15-10(13(14)17)7-9-5-3-4-6-11(9)19-2/h3-6,10H,7-8H2,1-2H3,(H2,14,17)(H,15,16)/t10-/m0/s1. The molecule has 1 rings (SSSR count). The Bertz CT molecular complexity index is 448. The van der Waals surface area contributed by atoms with Gasteiger partial charge in [0.2, 0.25) is 11.8 Å². The number of ether oxygens (including phenoxy) is 2. The van der Waals surface area contributed by atoms with Gasteiger partial charge in [-0.25, -0.2) is 0 Å². The van der Waals surface area contributed by atoms with Crippen LogP contribution in [0.3, 0.4) is 0 Å². The van der Waals surface area contributed by atoms with E-state index >= 15 is 0 Å². The molecule has 3 N–H and O–H groups in total. The van der Waals surface area contributed by atoms with Crippen molar-refractivity contribution in [2.24, 2.45) is 5.73 Å². The molecule has 0 saturated heterocycles. The van der Waals surface area contributed by atoms with Crippen LogP contribution in [0.15, 0.2) is 24.3 Å². The highest BCUT2D eigenvalue weighted by Crippen LogP contribution is 2.18. The molecule has 1 aromatic carbocycles. The summed E-state index contributed by atoms with van der Waals surface area (Å²) in [5.74, 6) is -0.341. The zero-order valence-corrected chi connectivity index (χ0v) is 11.0. The summed E-state index contributed by atoms with van der Waals surface area (Å²) in [7, 11) is 2.95. The molecular weight excluding hydrogens is 248 g/mol. The minimum atomic E-state index is -0.793. The van der Waals surface area contributed by atoms with Gasteiger partial charge in [0.25, 0.3) is 0 Å². The van der Waals surface area contributed by atoms with Crippen LogP contribution < -0.4 is 15.8 Å². The molecule has 0 aromatic heterocycles. The van der Waals surface area contributed by atoms with Crippen LogP contribution in [-0.4, -0.2) is 38.7 Å². The third-order valence-electron chi connectivity index (χ3n) is 2.57. The summed E-state index contributed by atoms with van der Waals surface area (Å²) in [6, 6.07) is 6.46. The fourth-order valence-corrected chi connectivity index (χ4v) is 1.68. The summed E-state index contributed by atoms with van der Waals surface area (Å²) in [5.41, 5.74) is 6.08. The van der Waals surface area contributed by atoms with Gasteiger partial charge in [0.15, 0.2) is 0 Å². The van der Waals surface area contributed by atoms with E-state index in [1.165, 1.54) is 7.11 Å². The number of amides is 2. The number of nitrogens with two attached hydrogens (primary N) is 1. The summed E-state index contributed by atoms with van der Waals surface area (Å²) >= 11 is 0. The molecule has 0 unspecified atom stereocenters. The summed E-state index contributed by atoms with van der Waals surface area (Å²) in [6.45, 7) is -0.115. The smallest absolute Gasteiger partial charge is 0.246 e. The maximum atomic E-state index is 11.4. The number of rotatable bonds is 7. The van der Waals surface area contributed by atoms with Crippen molar-refractivity contribution < 1.29 is 19.1 Å². The van der Waals surface area contributed by atoms with Gasteiger partial charge in [0, 0.05) is 13.5 Å². The molecule has 2 amide bonds. The zero-order chi connectivity index (χ0) is 14.3. The Morgan fingerprint density at radius 3 is 2.58 bits per heavy atom. The number of primary amides is 1. The second-order valence-corrected chi connectivity index (χ2v) is 3.97. The van der Waals surface area contributed by atoms with Gasteiger partial charge in [-0.2, -0.15) is 0 Å². The predicted octanol–water partition coefficient (Wildman–Crippen LogP) is -0.146. The molecule has 6 nitrogen and oxygen atoms in total. The van der Waals surface area contributed by atoms with Crippen LogP contribution >= 0.6 is 0 Å². The van der Waals surface area contributed by atoms with Gasteiger partial charge >= 0.3 is 0 Å². The molecule has 6 heteroatoms. The SMILES string of the molecule is COCC(=O)N[C@@H](Cc1ccccc1OC)C(N)=O. The quantitative estimate of drug-likeness (QED) is 0.718. The van der Waals surface area contributed by atoms with Crippen LogP contribution in [0, 0.1) is 0 Å². The lowest BCUT2D eigenvalue weighted by Gasteiger charge is -2.16. The van der Waals surface area contributed by atoms with Crippen LogP contribution in [0.4, 0.5) is 0 Å². The van der Waals surface area contributed by atoms with Crippen LogP contribution in [0.2, 0.25) is 0 Å². The van der Waals surface area contributed by atoms with E-state index in [1.54, 1.807) is 13.2 Å². The number of carbonyl (C=O) groups excluding carboxylic acids is 2. The van der Waals surface area contributed by atoms with E-state index in [9.17, 15) is 9.59 Å². The van der Waals surface area contributed by atoms with Crippen molar-refractivity contribution in [2.45, 2.75) is 12.5 Å². The predicted molar refractivity (Wildman–Crippen MR) is 69.7 cm³/mol. The molecule has 1 aromatic rings. The Kier molecular flexibility index (Phi) is 5.81. The maximum Gasteiger partial charge on any atom is 0.246 e. The fourth-order valence-electron chi connectivity index (χ4n) is 1.68. The number of benzene rings is 1. The molecule has 0 aliphatic heterocycles. The Balaban J connectivity index is 2.78. The van der Waals surface area contributed by atoms with Gasteiger partial charge in [-0.1, -0.05) is 18.2 Å². The van der Waals surface area contributed by atoms with Crippen molar-refractivity contribution in [3.05, 3.63) is 29.8 Å². The second-order valence-electron chi connectivity index (χ2n) is 3.97. The third kappa shape index (κ3) is 4.59. The van der Waals surface area contributed by atoms with Gasteiger partial charge in [0.1, 0.15) is 18.4 Å². The van der Waals surface area contributed by atoms with E-state index in [0.717, 1.165) is 5.56 Å². The van der Waals surface area contributed by atoms with Gasteiger partial charge in [-0.3, -0.25) is 9.59 Å². The van der Waals surface area contributed by atoms with Crippen LogP contribution in [-0.2, 0) is 20.7 Å². The van der Waals surface area contributed by atoms with E-state index in [1.807, 2.05) is 18.2 Å². The first-order valence-electron chi connectivity index (χ1n) is 5.78. The van der Waals surface area contributed by atoms with Crippen molar-refractivity contribution in [2.75, 3.05) is 20.8 Å². The average molecular weight is 266 g/mol. The Labute approximate surface area is 111 Å². The highest BCUT2D eigenvalue weighted by Gasteiger charge is 2.19. The molecule has 0 saturated carbocycles. The lowest BCUT2D eigenvalue weighted by atomic mass is 10.0. The minimum absolute atomic E-state index is 0.115. The van der Waals surface area contributed by atoms with Gasteiger partial charge in [-0.05, 0) is 11.6 Å². The van der Waals surface area contributed by atoms with E-state index in [4.69, 9.17) is 15.2 Å². The Morgan fingerprint density at radius 2 is 2.00 bits per heavy atom. The first-order valence-corrected chi connectivity index (χ1v) is 5.78. The van der Waals surface area contributed by atoms with E-state index in [-0.39, 0.29) is 18.9 Å². The van der Waals surface area contributed by atoms with E-state index < -0.39 is 11.9 Å². The first-order chi connectivity index (χ1) is 9.08. The highest BCUT2D eigenvalue weighted by atomic mass is 16.5. The van der Waals surface area contributed by atoms with Gasteiger partial charge < -0.3 is 20.5 Å². The molecule has 0 heterocycles. The van der Waals surface area contributed by atoms with Crippen molar-refractivity contribution in [1.82, 2.24) is 5.32 Å². The summed E-state index contributed by atoms with van der Waals surface area (Å²) in [6.07, 6.45) is 0.273. The Morgan fingerprint density at radius 1 is 1.32 bits per heavy atom. The molecule has 0 radical (unpaired) electrons. The lowest BCUT2D eigenvalue weighted by molar-refractivity contribution is -0.129. The Hall–Kier alpha value is -2.08. The number of hydrogen-bond acceptors (Lipinski definition) is 4. The summed E-state index contributed by atoms with van der Waals surface area (Å²) in [5, 5.41) is 2.52. The van der Waals surface area contributed by atoms with Crippen molar-refractivity contribution in [1.29, 1.82) is 0 Å². The molecule has 0 aliphatic carbocycles. The number of para-hydroxylation sites is 1. The summed E-state index contributed by atoms with van der Waals surface area (Å²) < 4.78 is 9.88.